The van der Waals surface area contributed by atoms with Crippen molar-refractivity contribution in [2.75, 3.05) is 6.54 Å². The van der Waals surface area contributed by atoms with Crippen LogP contribution in [0.15, 0.2) is 42.5 Å². The summed E-state index contributed by atoms with van der Waals surface area (Å²) in [5, 5.41) is 2.97. The number of benzene rings is 2. The molecular weight excluding hydrogens is 360 g/mol. The van der Waals surface area contributed by atoms with Crippen molar-refractivity contribution < 1.29 is 9.59 Å². The quantitative estimate of drug-likeness (QED) is 0.637. The molecule has 4 nitrogen and oxygen atoms in total. The van der Waals surface area contributed by atoms with Crippen LogP contribution >= 0.6 is 0 Å². The second-order valence-electron chi connectivity index (χ2n) is 7.94. The van der Waals surface area contributed by atoms with Crippen LogP contribution in [0.4, 0.5) is 0 Å². The van der Waals surface area contributed by atoms with Crippen LogP contribution in [-0.4, -0.2) is 29.3 Å². The summed E-state index contributed by atoms with van der Waals surface area (Å²) in [5.74, 6) is -0.126. The van der Waals surface area contributed by atoms with Gasteiger partial charge in [-0.15, -0.1) is 0 Å². The fourth-order valence-corrected chi connectivity index (χ4v) is 3.38. The average Bonchev–Trinajstić information content (AvgIpc) is 2.68. The van der Waals surface area contributed by atoms with E-state index in [1.165, 1.54) is 0 Å². The van der Waals surface area contributed by atoms with Crippen molar-refractivity contribution in [2.45, 2.75) is 66.5 Å². The van der Waals surface area contributed by atoms with Crippen LogP contribution in [0.3, 0.4) is 0 Å². The molecule has 0 aliphatic heterocycles. The normalized spacial score (nSPS) is 11.8. The van der Waals surface area contributed by atoms with Gasteiger partial charge in [-0.3, -0.25) is 9.59 Å². The molecule has 2 aromatic carbocycles. The second-order valence-corrected chi connectivity index (χ2v) is 7.94. The molecule has 1 N–H and O–H groups in total. The van der Waals surface area contributed by atoms with E-state index in [1.807, 2.05) is 52.0 Å². The zero-order valence-corrected chi connectivity index (χ0v) is 18.4. The van der Waals surface area contributed by atoms with Gasteiger partial charge in [-0.1, -0.05) is 66.9 Å². The Bertz CT molecular complexity index is 844. The van der Waals surface area contributed by atoms with Crippen molar-refractivity contribution in [3.05, 3.63) is 70.3 Å². The Morgan fingerprint density at radius 3 is 2.45 bits per heavy atom. The molecule has 0 fully saturated rings. The number of nitrogens with one attached hydrogen (secondary N) is 1. The van der Waals surface area contributed by atoms with Crippen molar-refractivity contribution in [3.8, 4) is 0 Å². The van der Waals surface area contributed by atoms with E-state index in [9.17, 15) is 9.59 Å². The number of unbranched alkanes of at least 4 members (excludes halogenated alkanes) is 1. The summed E-state index contributed by atoms with van der Waals surface area (Å²) in [5.41, 5.74) is 5.42. The van der Waals surface area contributed by atoms with Crippen LogP contribution in [0.1, 0.15) is 54.5 Å². The predicted octanol–water partition coefficient (Wildman–Crippen LogP) is 4.49. The number of carbonyl (C=O) groups is 2. The van der Waals surface area contributed by atoms with Gasteiger partial charge in [0.25, 0.3) is 0 Å². The van der Waals surface area contributed by atoms with Gasteiger partial charge >= 0.3 is 0 Å². The predicted molar refractivity (Wildman–Crippen MR) is 119 cm³/mol. The van der Waals surface area contributed by atoms with Crippen LogP contribution in [0.2, 0.25) is 0 Å². The van der Waals surface area contributed by atoms with Gasteiger partial charge in [0.05, 0.1) is 6.42 Å². The molecule has 0 aliphatic carbocycles. The molecule has 156 valence electrons. The number of carbonyl (C=O) groups excluding carboxylic acids is 2. The minimum Gasteiger partial charge on any atom is -0.354 e. The van der Waals surface area contributed by atoms with E-state index in [1.54, 1.807) is 4.90 Å². The summed E-state index contributed by atoms with van der Waals surface area (Å²) in [6, 6.07) is 13.7. The zero-order chi connectivity index (χ0) is 21.4. The summed E-state index contributed by atoms with van der Waals surface area (Å²) in [6.45, 7) is 11.1. The van der Waals surface area contributed by atoms with Gasteiger partial charge in [0, 0.05) is 13.1 Å². The third-order valence-electron chi connectivity index (χ3n) is 5.28. The first-order valence-corrected chi connectivity index (χ1v) is 10.5. The molecule has 0 bridgehead atoms. The Morgan fingerprint density at radius 1 is 1.03 bits per heavy atom. The van der Waals surface area contributed by atoms with Gasteiger partial charge in [0.1, 0.15) is 6.04 Å². The van der Waals surface area contributed by atoms with Crippen molar-refractivity contribution in [1.29, 1.82) is 0 Å². The summed E-state index contributed by atoms with van der Waals surface area (Å²) >= 11 is 0. The van der Waals surface area contributed by atoms with Crippen molar-refractivity contribution in [2.24, 2.45) is 0 Å². The first-order chi connectivity index (χ1) is 13.8. The van der Waals surface area contributed by atoms with Gasteiger partial charge in [0.2, 0.25) is 11.8 Å². The van der Waals surface area contributed by atoms with Gasteiger partial charge in [-0.25, -0.2) is 0 Å². The lowest BCUT2D eigenvalue weighted by Gasteiger charge is -2.29. The van der Waals surface area contributed by atoms with Crippen LogP contribution in [-0.2, 0) is 22.6 Å². The lowest BCUT2D eigenvalue weighted by molar-refractivity contribution is -0.140. The largest absolute Gasteiger partial charge is 0.354 e. The molecule has 2 rings (SSSR count). The Balaban J connectivity index is 2.23. The minimum atomic E-state index is -0.523. The molecule has 0 aliphatic rings. The highest BCUT2D eigenvalue weighted by atomic mass is 16.2. The molecule has 0 unspecified atom stereocenters. The van der Waals surface area contributed by atoms with E-state index in [2.05, 4.69) is 30.4 Å². The van der Waals surface area contributed by atoms with Crippen LogP contribution in [0.25, 0.3) is 0 Å². The standard InChI is InChI=1S/C25H34N2O2/c1-6-7-13-26-25(29)21(5)27(17-22-10-8-9-18(2)14-22)24(28)16-23-15-19(3)11-12-20(23)4/h8-12,14-15,21H,6-7,13,16-17H2,1-5H3,(H,26,29)/t21-/m1/s1. The van der Waals surface area contributed by atoms with E-state index in [0.717, 1.165) is 40.7 Å². The Labute approximate surface area is 175 Å². The highest BCUT2D eigenvalue weighted by Gasteiger charge is 2.26. The molecule has 1 atom stereocenters. The highest BCUT2D eigenvalue weighted by Crippen LogP contribution is 2.16. The van der Waals surface area contributed by atoms with Crippen LogP contribution in [0, 0.1) is 20.8 Å². The maximum atomic E-state index is 13.3. The molecule has 2 amide bonds. The molecule has 4 heteroatoms. The SMILES string of the molecule is CCCCNC(=O)[C@@H](C)N(Cc1cccc(C)c1)C(=O)Cc1cc(C)ccc1C. The lowest BCUT2D eigenvalue weighted by atomic mass is 10.0. The lowest BCUT2D eigenvalue weighted by Crippen LogP contribution is -2.48. The molecule has 0 radical (unpaired) electrons. The fourth-order valence-electron chi connectivity index (χ4n) is 3.38. The van der Waals surface area contributed by atoms with Crippen molar-refractivity contribution in [1.82, 2.24) is 10.2 Å². The maximum absolute atomic E-state index is 13.3. The number of amides is 2. The van der Waals surface area contributed by atoms with E-state index in [-0.39, 0.29) is 11.8 Å². The smallest absolute Gasteiger partial charge is 0.242 e. The molecule has 0 heterocycles. The van der Waals surface area contributed by atoms with Gasteiger partial charge in [-0.2, -0.15) is 0 Å². The maximum Gasteiger partial charge on any atom is 0.242 e. The monoisotopic (exact) mass is 394 g/mol. The summed E-state index contributed by atoms with van der Waals surface area (Å²) < 4.78 is 0. The Morgan fingerprint density at radius 2 is 1.76 bits per heavy atom. The van der Waals surface area contributed by atoms with Gasteiger partial charge in [-0.05, 0) is 50.8 Å². The molecular formula is C25H34N2O2. The van der Waals surface area contributed by atoms with Crippen LogP contribution in [0.5, 0.6) is 0 Å². The summed E-state index contributed by atoms with van der Waals surface area (Å²) in [4.78, 5) is 27.7. The fraction of sp³-hybridized carbons (Fsp3) is 0.440. The molecule has 29 heavy (non-hydrogen) atoms. The van der Waals surface area contributed by atoms with Crippen LogP contribution < -0.4 is 5.32 Å². The number of hydrogen-bond acceptors (Lipinski definition) is 2. The number of rotatable bonds is 9. The van der Waals surface area contributed by atoms with Gasteiger partial charge in [0.15, 0.2) is 0 Å². The first kappa shape index (κ1) is 22.7. The third-order valence-corrected chi connectivity index (χ3v) is 5.28. The Kier molecular flexibility index (Phi) is 8.44. The average molecular weight is 395 g/mol. The van der Waals surface area contributed by atoms with E-state index < -0.39 is 6.04 Å². The number of aryl methyl sites for hydroxylation is 3. The third kappa shape index (κ3) is 6.74. The summed E-state index contributed by atoms with van der Waals surface area (Å²) in [6.07, 6.45) is 2.26. The van der Waals surface area contributed by atoms with E-state index in [0.29, 0.717) is 19.5 Å². The molecule has 0 saturated carbocycles. The van der Waals surface area contributed by atoms with Crippen molar-refractivity contribution in [3.63, 3.8) is 0 Å². The Hall–Kier alpha value is -2.62. The molecule has 2 aromatic rings. The van der Waals surface area contributed by atoms with E-state index in [4.69, 9.17) is 0 Å². The zero-order valence-electron chi connectivity index (χ0n) is 18.4. The van der Waals surface area contributed by atoms with E-state index >= 15 is 0 Å². The van der Waals surface area contributed by atoms with Crippen molar-refractivity contribution >= 4 is 11.8 Å². The number of nitrogens with zero attached hydrogens (tertiary/aromatic N) is 1. The minimum absolute atomic E-state index is 0.0293. The number of hydrogen-bond donors (Lipinski definition) is 1. The second kappa shape index (κ2) is 10.8. The molecule has 0 aromatic heterocycles. The topological polar surface area (TPSA) is 49.4 Å². The first-order valence-electron chi connectivity index (χ1n) is 10.5. The molecule has 0 spiro atoms. The molecule has 0 saturated heterocycles. The summed E-state index contributed by atoms with van der Waals surface area (Å²) in [7, 11) is 0. The highest BCUT2D eigenvalue weighted by molar-refractivity contribution is 5.88. The van der Waals surface area contributed by atoms with Gasteiger partial charge < -0.3 is 10.2 Å².